The number of amides is 1. The number of anilines is 1. The summed E-state index contributed by atoms with van der Waals surface area (Å²) in [7, 11) is 2.95. The van der Waals surface area contributed by atoms with E-state index >= 15 is 8.78 Å². The first-order valence-electron chi connectivity index (χ1n) is 13.7. The lowest BCUT2D eigenvalue weighted by Gasteiger charge is -2.40. The molecule has 0 bridgehead atoms. The molecule has 1 atom stereocenters. The minimum Gasteiger partial charge on any atom is -0.481 e. The molecule has 43 heavy (non-hydrogen) atoms. The molecule has 2 aromatic carbocycles. The fourth-order valence-electron chi connectivity index (χ4n) is 5.95. The van der Waals surface area contributed by atoms with Crippen molar-refractivity contribution in [3.63, 3.8) is 0 Å². The summed E-state index contributed by atoms with van der Waals surface area (Å²) in [5.74, 6) is -1.80. The minimum atomic E-state index is -0.758. The summed E-state index contributed by atoms with van der Waals surface area (Å²) in [6.45, 7) is 2.71. The number of aliphatic hydroxyl groups excluding tert-OH is 1. The maximum atomic E-state index is 15.5. The molecular weight excluding hydrogens is 580 g/mol. The number of rotatable bonds is 6. The number of hydrogen-bond donors (Lipinski definition) is 2. The highest BCUT2D eigenvalue weighted by Gasteiger charge is 2.38. The first-order valence-corrected chi connectivity index (χ1v) is 14.1. The second-order valence-corrected chi connectivity index (χ2v) is 11.1. The number of fused-ring (bicyclic) bond motifs is 1. The highest BCUT2D eigenvalue weighted by Crippen LogP contribution is 2.46. The third kappa shape index (κ3) is 4.97. The van der Waals surface area contributed by atoms with Crippen LogP contribution in [-0.2, 0) is 13.5 Å². The van der Waals surface area contributed by atoms with Crippen molar-refractivity contribution >= 4 is 23.2 Å². The molecule has 9 nitrogen and oxygen atoms in total. The van der Waals surface area contributed by atoms with Gasteiger partial charge in [-0.25, -0.2) is 18.4 Å². The number of ether oxygens (including phenoxy) is 1. The molecule has 1 aliphatic carbocycles. The number of aryl methyl sites for hydroxylation is 2. The van der Waals surface area contributed by atoms with Gasteiger partial charge in [0.2, 0.25) is 5.88 Å². The molecule has 1 aliphatic heterocycles. The van der Waals surface area contributed by atoms with Crippen LogP contribution >= 0.6 is 11.6 Å². The second kappa shape index (κ2) is 11.1. The smallest absolute Gasteiger partial charge is 0.279 e. The molecule has 0 radical (unpaired) electrons. The lowest BCUT2D eigenvalue weighted by Crippen LogP contribution is -2.51. The minimum absolute atomic E-state index is 0.0524. The lowest BCUT2D eigenvalue weighted by atomic mass is 9.94. The summed E-state index contributed by atoms with van der Waals surface area (Å²) in [5.41, 5.74) is 2.14. The summed E-state index contributed by atoms with van der Waals surface area (Å²) in [4.78, 5) is 32.2. The molecule has 0 saturated carbocycles. The molecule has 1 amide bonds. The van der Waals surface area contributed by atoms with Gasteiger partial charge < -0.3 is 15.2 Å². The molecule has 1 saturated heterocycles. The van der Waals surface area contributed by atoms with Crippen LogP contribution < -0.4 is 15.6 Å². The molecule has 6 rings (SSSR count). The Labute approximate surface area is 250 Å². The summed E-state index contributed by atoms with van der Waals surface area (Å²) in [6.07, 6.45) is 2.59. The van der Waals surface area contributed by atoms with Crippen LogP contribution in [0, 0.1) is 18.6 Å². The van der Waals surface area contributed by atoms with Gasteiger partial charge in [-0.3, -0.25) is 14.5 Å². The number of halogens is 3. The van der Waals surface area contributed by atoms with Crippen molar-refractivity contribution < 1.29 is 23.4 Å². The van der Waals surface area contributed by atoms with Crippen molar-refractivity contribution in [1.82, 2.24) is 19.7 Å². The number of nitrogens with zero attached hydrogens (tertiary/aromatic N) is 4. The van der Waals surface area contributed by atoms with Crippen LogP contribution in [0.4, 0.5) is 14.5 Å². The van der Waals surface area contributed by atoms with E-state index in [2.05, 4.69) is 15.3 Å². The van der Waals surface area contributed by atoms with Gasteiger partial charge in [0.05, 0.1) is 23.9 Å². The molecule has 3 heterocycles. The van der Waals surface area contributed by atoms with Gasteiger partial charge in [-0.1, -0.05) is 11.6 Å². The monoisotopic (exact) mass is 607 g/mol. The number of likely N-dealkylation sites (tertiary alicyclic amines) is 1. The van der Waals surface area contributed by atoms with Crippen LogP contribution in [0.15, 0.2) is 47.4 Å². The Morgan fingerprint density at radius 3 is 2.58 bits per heavy atom. The highest BCUT2D eigenvalue weighted by atomic mass is 35.5. The number of hydrogen-bond acceptors (Lipinski definition) is 7. The van der Waals surface area contributed by atoms with Gasteiger partial charge in [0.15, 0.2) is 0 Å². The normalized spacial score (nSPS) is 16.6. The Bertz CT molecular complexity index is 1840. The fraction of sp³-hybridized carbons (Fsp3) is 0.290. The third-order valence-corrected chi connectivity index (χ3v) is 8.58. The van der Waals surface area contributed by atoms with Crippen LogP contribution in [-0.4, -0.2) is 57.0 Å². The number of methoxy groups -OCH3 is 1. The number of β-amino-alcohol motifs (C(OH)–C–C–N with tert-alkyl or cyclic N) is 1. The molecule has 1 fully saturated rings. The maximum absolute atomic E-state index is 15.5. The number of aromatic nitrogens is 3. The Morgan fingerprint density at radius 2 is 1.86 bits per heavy atom. The fourth-order valence-corrected chi connectivity index (χ4v) is 6.30. The van der Waals surface area contributed by atoms with Crippen molar-refractivity contribution in [2.24, 2.45) is 7.05 Å². The van der Waals surface area contributed by atoms with E-state index in [1.54, 1.807) is 0 Å². The molecule has 2 N–H and O–H groups in total. The van der Waals surface area contributed by atoms with Crippen molar-refractivity contribution in [1.29, 1.82) is 0 Å². The van der Waals surface area contributed by atoms with Gasteiger partial charge in [0.1, 0.15) is 17.2 Å². The number of benzene rings is 2. The Morgan fingerprint density at radius 1 is 1.14 bits per heavy atom. The van der Waals surface area contributed by atoms with Crippen LogP contribution in [0.3, 0.4) is 0 Å². The van der Waals surface area contributed by atoms with Gasteiger partial charge >= 0.3 is 0 Å². The number of carbonyl (C=O) groups excluding carboxylic acids is 1. The SMILES string of the molecule is COc1nc(-c2ccc(F)c(-c3c(F)ccc(NC(=O)c4ccnn(C)c4=O)c3C)c2Cl)cc2c1C(N1CC(O)C1)CC2. The van der Waals surface area contributed by atoms with Gasteiger partial charge in [-0.2, -0.15) is 5.10 Å². The first kappa shape index (κ1) is 28.9. The van der Waals surface area contributed by atoms with Gasteiger partial charge in [0.25, 0.3) is 11.5 Å². The predicted molar refractivity (Wildman–Crippen MR) is 157 cm³/mol. The van der Waals surface area contributed by atoms with Crippen molar-refractivity contribution in [3.05, 3.63) is 91.9 Å². The zero-order valence-corrected chi connectivity index (χ0v) is 24.4. The van der Waals surface area contributed by atoms with E-state index in [0.29, 0.717) is 30.2 Å². The highest BCUT2D eigenvalue weighted by molar-refractivity contribution is 6.36. The van der Waals surface area contributed by atoms with Crippen LogP contribution in [0.2, 0.25) is 5.02 Å². The van der Waals surface area contributed by atoms with E-state index in [4.69, 9.17) is 21.3 Å². The number of carbonyl (C=O) groups is 1. The van der Waals surface area contributed by atoms with Gasteiger partial charge in [-0.15, -0.1) is 0 Å². The van der Waals surface area contributed by atoms with Crippen molar-refractivity contribution in [2.75, 3.05) is 25.5 Å². The zero-order valence-electron chi connectivity index (χ0n) is 23.6. The van der Waals surface area contributed by atoms with E-state index in [1.807, 2.05) is 6.07 Å². The summed E-state index contributed by atoms with van der Waals surface area (Å²) in [6, 6.07) is 8.40. The topological polar surface area (TPSA) is 110 Å². The largest absolute Gasteiger partial charge is 0.481 e. The Hall–Kier alpha value is -4.19. The third-order valence-electron chi connectivity index (χ3n) is 8.18. The summed E-state index contributed by atoms with van der Waals surface area (Å²) < 4.78 is 37.6. The molecule has 1 unspecified atom stereocenters. The summed E-state index contributed by atoms with van der Waals surface area (Å²) >= 11 is 6.83. The molecule has 0 spiro atoms. The lowest BCUT2D eigenvalue weighted by molar-refractivity contribution is -0.0256. The van der Waals surface area contributed by atoms with E-state index in [-0.39, 0.29) is 45.1 Å². The van der Waals surface area contributed by atoms with E-state index in [9.17, 15) is 14.7 Å². The average Bonchev–Trinajstić information content (AvgIpc) is 3.39. The van der Waals surface area contributed by atoms with Crippen molar-refractivity contribution in [3.8, 4) is 28.3 Å². The predicted octanol–water partition coefficient (Wildman–Crippen LogP) is 4.67. The van der Waals surface area contributed by atoms with Crippen molar-refractivity contribution in [2.45, 2.75) is 31.9 Å². The Kier molecular flexibility index (Phi) is 7.49. The molecule has 4 aromatic rings. The van der Waals surface area contributed by atoms with E-state index < -0.39 is 23.1 Å². The molecule has 222 valence electrons. The molecule has 12 heteroatoms. The number of aliphatic hydroxyl groups is 1. The van der Waals surface area contributed by atoms with Gasteiger partial charge in [0, 0.05) is 60.3 Å². The van der Waals surface area contributed by atoms with Crippen LogP contribution in [0.1, 0.15) is 39.5 Å². The second-order valence-electron chi connectivity index (χ2n) is 10.8. The first-order chi connectivity index (χ1) is 20.6. The molecule has 2 aromatic heterocycles. The standard InChI is InChI=1S/C31H28ClF2N5O4/c1-15-22(36-29(41)19-10-11-35-38(2)31(19)42)8-7-20(33)25(15)27-21(34)6-5-18(28(27)32)23-12-16-4-9-24(39-13-17(40)14-39)26(16)30(37-23)43-3/h5-8,10-12,17,24,40H,4,9,13-14H2,1-3H3,(H,36,41). The van der Waals surface area contributed by atoms with E-state index in [0.717, 1.165) is 34.7 Å². The van der Waals surface area contributed by atoms with Crippen LogP contribution in [0.25, 0.3) is 22.4 Å². The molecule has 2 aliphatic rings. The summed E-state index contributed by atoms with van der Waals surface area (Å²) in [5, 5.41) is 16.2. The van der Waals surface area contributed by atoms with Crippen LogP contribution in [0.5, 0.6) is 5.88 Å². The van der Waals surface area contributed by atoms with Gasteiger partial charge in [-0.05, 0) is 67.3 Å². The quantitative estimate of drug-likeness (QED) is 0.328. The zero-order chi connectivity index (χ0) is 30.6. The molecular formula is C31H28ClF2N5O4. The number of pyridine rings is 1. The average molecular weight is 608 g/mol. The maximum Gasteiger partial charge on any atom is 0.279 e. The van der Waals surface area contributed by atoms with E-state index in [1.165, 1.54) is 51.5 Å². The Balaban J connectivity index is 1.40. The number of nitrogens with one attached hydrogen (secondary N) is 1.